The molecule has 1 N–H and O–H groups in total. The third kappa shape index (κ3) is 16.8. The van der Waals surface area contributed by atoms with Gasteiger partial charge < -0.3 is 43.2 Å². The van der Waals surface area contributed by atoms with Crippen molar-refractivity contribution in [3.63, 3.8) is 0 Å². The van der Waals surface area contributed by atoms with Crippen molar-refractivity contribution < 1.29 is 47.5 Å². The first kappa shape index (κ1) is 32.3. The lowest BCUT2D eigenvalue weighted by Crippen LogP contribution is -2.33. The Labute approximate surface area is 225 Å². The minimum atomic E-state index is -0.890. The average molecular weight is 542 g/mol. The van der Waals surface area contributed by atoms with Gasteiger partial charge in [0.25, 0.3) is 5.78 Å². The summed E-state index contributed by atoms with van der Waals surface area (Å²) in [4.78, 5) is 23.5. The molecule has 1 saturated heterocycles. The summed E-state index contributed by atoms with van der Waals surface area (Å²) in [7, 11) is 0. The summed E-state index contributed by atoms with van der Waals surface area (Å²) < 4.78 is 43.2. The topological polar surface area (TPSA) is 120 Å². The molecule has 0 atom stereocenters. The maximum absolute atomic E-state index is 11.9. The Morgan fingerprint density at radius 1 is 0.605 bits per heavy atom. The van der Waals surface area contributed by atoms with Gasteiger partial charge in [-0.3, -0.25) is 4.79 Å². The molecule has 216 valence electrons. The number of piperidine rings is 1. The molecule has 0 aliphatic carbocycles. The Morgan fingerprint density at radius 3 is 1.50 bits per heavy atom. The van der Waals surface area contributed by atoms with Crippen LogP contribution in [0.3, 0.4) is 0 Å². The van der Waals surface area contributed by atoms with Gasteiger partial charge in [0.15, 0.2) is 0 Å². The Kier molecular flexibility index (Phi) is 19.5. The van der Waals surface area contributed by atoms with Crippen LogP contribution < -0.4 is 5.32 Å². The molecular weight excluding hydrogens is 498 g/mol. The van der Waals surface area contributed by atoms with Gasteiger partial charge in [0, 0.05) is 5.56 Å². The molecule has 0 amide bonds. The van der Waals surface area contributed by atoms with Gasteiger partial charge >= 0.3 is 5.97 Å². The van der Waals surface area contributed by atoms with Gasteiger partial charge in [-0.25, -0.2) is 4.79 Å². The fourth-order valence-corrected chi connectivity index (χ4v) is 3.40. The van der Waals surface area contributed by atoms with E-state index in [4.69, 9.17) is 37.9 Å². The van der Waals surface area contributed by atoms with Crippen LogP contribution in [0.4, 0.5) is 0 Å². The molecule has 1 aliphatic rings. The molecule has 11 heteroatoms. The first-order valence-corrected chi connectivity index (χ1v) is 13.3. The fraction of sp³-hybridized carbons (Fsp3) is 0.704. The summed E-state index contributed by atoms with van der Waals surface area (Å²) >= 11 is 0. The molecule has 0 spiro atoms. The molecule has 38 heavy (non-hydrogen) atoms. The van der Waals surface area contributed by atoms with E-state index in [2.05, 4.69) is 5.32 Å². The molecule has 0 bridgehead atoms. The van der Waals surface area contributed by atoms with Crippen LogP contribution >= 0.6 is 0 Å². The van der Waals surface area contributed by atoms with Crippen molar-refractivity contribution in [2.75, 3.05) is 106 Å². The van der Waals surface area contributed by atoms with E-state index in [9.17, 15) is 9.59 Å². The highest BCUT2D eigenvalue weighted by Crippen LogP contribution is 2.06. The Hall–Kier alpha value is -1.96. The van der Waals surface area contributed by atoms with Gasteiger partial charge in [-0.05, 0) is 25.9 Å². The molecular formula is C27H43NO10. The van der Waals surface area contributed by atoms with E-state index in [1.165, 1.54) is 0 Å². The number of benzene rings is 1. The number of nitrogens with one attached hydrogen (secondary N) is 1. The van der Waals surface area contributed by atoms with E-state index >= 15 is 0 Å². The summed E-state index contributed by atoms with van der Waals surface area (Å²) in [5.74, 6) is -1.56. The van der Waals surface area contributed by atoms with Crippen LogP contribution in [0, 0.1) is 0 Å². The predicted molar refractivity (Wildman–Crippen MR) is 138 cm³/mol. The molecule has 2 rings (SSSR count). The average Bonchev–Trinajstić information content (AvgIpc) is 2.96. The maximum atomic E-state index is 11.9. The number of hydrogen-bond acceptors (Lipinski definition) is 11. The van der Waals surface area contributed by atoms with Crippen LogP contribution in [0.5, 0.6) is 0 Å². The van der Waals surface area contributed by atoms with E-state index in [1.807, 2.05) is 0 Å². The van der Waals surface area contributed by atoms with Crippen LogP contribution in [-0.2, 0) is 42.7 Å². The Bertz CT molecular complexity index is 715. The number of carbonyl (C=O) groups excluding carboxylic acids is 2. The first-order valence-electron chi connectivity index (χ1n) is 13.3. The zero-order valence-corrected chi connectivity index (χ0v) is 22.3. The quantitative estimate of drug-likeness (QED) is 0.0882. The third-order valence-electron chi connectivity index (χ3n) is 5.41. The van der Waals surface area contributed by atoms with Gasteiger partial charge in [-0.2, -0.15) is 0 Å². The number of ether oxygens (including phenoxy) is 8. The largest absolute Gasteiger partial charge is 0.457 e. The van der Waals surface area contributed by atoms with Crippen LogP contribution in [0.1, 0.15) is 23.2 Å². The zero-order chi connectivity index (χ0) is 26.9. The van der Waals surface area contributed by atoms with Gasteiger partial charge in [-0.15, -0.1) is 0 Å². The lowest BCUT2D eigenvalue weighted by atomic mass is 10.1. The summed E-state index contributed by atoms with van der Waals surface area (Å²) in [6.07, 6.45) is 2.51. The second-order valence-electron chi connectivity index (χ2n) is 8.33. The number of hydrogen-bond donors (Lipinski definition) is 1. The van der Waals surface area contributed by atoms with E-state index in [0.717, 1.165) is 25.9 Å². The van der Waals surface area contributed by atoms with Gasteiger partial charge in [-0.1, -0.05) is 30.3 Å². The van der Waals surface area contributed by atoms with Crippen molar-refractivity contribution >= 4 is 11.8 Å². The minimum absolute atomic E-state index is 0.00744. The van der Waals surface area contributed by atoms with Crippen LogP contribution in [0.2, 0.25) is 0 Å². The number of ketones is 1. The highest BCUT2D eigenvalue weighted by molar-refractivity contribution is 6.40. The molecule has 1 aromatic carbocycles. The van der Waals surface area contributed by atoms with Gasteiger partial charge in [0.1, 0.15) is 6.61 Å². The van der Waals surface area contributed by atoms with Crippen molar-refractivity contribution in [2.45, 2.75) is 18.9 Å². The number of carbonyl (C=O) groups is 2. The molecule has 1 aromatic rings. The van der Waals surface area contributed by atoms with Crippen molar-refractivity contribution in [2.24, 2.45) is 0 Å². The number of rotatable bonds is 24. The molecule has 1 heterocycles. The standard InChI is InChI=1S/C27H43NO10/c29-26(24-4-2-1-3-5-24)27(30)38-23-21-36-19-17-34-15-13-32-11-10-31-12-14-33-16-18-35-20-22-37-25-6-8-28-9-7-25/h1-5,25,28H,6-23H2. The lowest BCUT2D eigenvalue weighted by molar-refractivity contribution is -0.139. The second-order valence-corrected chi connectivity index (χ2v) is 8.33. The highest BCUT2D eigenvalue weighted by atomic mass is 16.6. The molecule has 1 fully saturated rings. The minimum Gasteiger partial charge on any atom is -0.457 e. The van der Waals surface area contributed by atoms with Crippen LogP contribution in [0.25, 0.3) is 0 Å². The van der Waals surface area contributed by atoms with Gasteiger partial charge in [0.05, 0.1) is 92.0 Å². The van der Waals surface area contributed by atoms with E-state index in [1.54, 1.807) is 30.3 Å². The SMILES string of the molecule is O=C(OCCOCCOCCOCCOCCOCCOCCOC1CCNCC1)C(=O)c1ccccc1. The second kappa shape index (κ2) is 23.0. The molecule has 0 saturated carbocycles. The van der Waals surface area contributed by atoms with E-state index < -0.39 is 11.8 Å². The van der Waals surface area contributed by atoms with E-state index in [0.29, 0.717) is 91.0 Å². The van der Waals surface area contributed by atoms with Crippen molar-refractivity contribution in [3.05, 3.63) is 35.9 Å². The summed E-state index contributed by atoms with van der Waals surface area (Å²) in [5, 5.41) is 3.32. The van der Waals surface area contributed by atoms with Crippen molar-refractivity contribution in [1.82, 2.24) is 5.32 Å². The number of esters is 1. The monoisotopic (exact) mass is 541 g/mol. The van der Waals surface area contributed by atoms with Crippen molar-refractivity contribution in [1.29, 1.82) is 0 Å². The summed E-state index contributed by atoms with van der Waals surface area (Å²) in [6, 6.07) is 8.28. The van der Waals surface area contributed by atoms with Crippen LogP contribution in [-0.4, -0.2) is 123 Å². The molecule has 0 radical (unpaired) electrons. The third-order valence-corrected chi connectivity index (χ3v) is 5.41. The summed E-state index contributed by atoms with van der Waals surface area (Å²) in [5.41, 5.74) is 0.302. The normalized spacial score (nSPS) is 14.0. The smallest absolute Gasteiger partial charge is 0.379 e. The fourth-order valence-electron chi connectivity index (χ4n) is 3.40. The number of Topliss-reactive ketones (excluding diaryl/α,β-unsaturated/α-hetero) is 1. The lowest BCUT2D eigenvalue weighted by Gasteiger charge is -2.22. The summed E-state index contributed by atoms with van der Waals surface area (Å²) in [6.45, 7) is 8.19. The molecule has 11 nitrogen and oxygen atoms in total. The molecule has 0 aromatic heterocycles. The highest BCUT2D eigenvalue weighted by Gasteiger charge is 2.17. The maximum Gasteiger partial charge on any atom is 0.379 e. The van der Waals surface area contributed by atoms with Crippen molar-refractivity contribution in [3.8, 4) is 0 Å². The predicted octanol–water partition coefficient (Wildman–Crippen LogP) is 1.28. The zero-order valence-electron chi connectivity index (χ0n) is 22.3. The first-order chi connectivity index (χ1) is 18.8. The Morgan fingerprint density at radius 2 is 1.03 bits per heavy atom. The van der Waals surface area contributed by atoms with Crippen LogP contribution in [0.15, 0.2) is 30.3 Å². The molecule has 1 aliphatic heterocycles. The molecule has 0 unspecified atom stereocenters. The Balaban J connectivity index is 1.21. The van der Waals surface area contributed by atoms with Gasteiger partial charge in [0.2, 0.25) is 0 Å². The van der Waals surface area contributed by atoms with E-state index in [-0.39, 0.29) is 13.2 Å².